The Morgan fingerprint density at radius 3 is 2.47 bits per heavy atom. The van der Waals surface area contributed by atoms with Gasteiger partial charge in [0, 0.05) is 29.3 Å². The molecule has 5 N–H and O–H groups in total. The Kier molecular flexibility index (Phi) is 5.86. The van der Waals surface area contributed by atoms with Crippen LogP contribution in [0.4, 0.5) is 17.1 Å². The molecule has 2 aliphatic rings. The lowest BCUT2D eigenvalue weighted by molar-refractivity contribution is 0.390. The van der Waals surface area contributed by atoms with Crippen LogP contribution in [-0.4, -0.2) is 42.7 Å². The minimum atomic E-state index is 0.658. The third-order valence-corrected chi connectivity index (χ3v) is 6.57. The maximum atomic E-state index is 4.42. The summed E-state index contributed by atoms with van der Waals surface area (Å²) in [6.45, 7) is 5.51. The Hall–Kier alpha value is -2.57. The Bertz CT molecular complexity index is 969. The molecular formula is C24H32N6. The number of nitrogens with zero attached hydrogens (tertiary/aromatic N) is 1. The highest BCUT2D eigenvalue weighted by molar-refractivity contribution is 5.87. The SMILES string of the molecule is c1ncc(Nc2ccc3c(C4CCNCC4)c[nH]c3c2)cc1NCC1CCNCC1. The molecule has 0 unspecified atom stereocenters. The molecule has 0 amide bonds. The van der Waals surface area contributed by atoms with Crippen molar-refractivity contribution in [1.29, 1.82) is 0 Å². The van der Waals surface area contributed by atoms with E-state index in [-0.39, 0.29) is 0 Å². The minimum Gasteiger partial charge on any atom is -0.383 e. The molecule has 0 radical (unpaired) electrons. The number of hydrogen-bond donors (Lipinski definition) is 5. The van der Waals surface area contributed by atoms with Crippen molar-refractivity contribution in [2.45, 2.75) is 31.6 Å². The summed E-state index contributed by atoms with van der Waals surface area (Å²) in [6.07, 6.45) is 10.9. The Morgan fingerprint density at radius 1 is 0.867 bits per heavy atom. The number of benzene rings is 1. The Morgan fingerprint density at radius 2 is 1.63 bits per heavy atom. The van der Waals surface area contributed by atoms with Crippen LogP contribution in [0.2, 0.25) is 0 Å². The average molecular weight is 405 g/mol. The summed E-state index contributed by atoms with van der Waals surface area (Å²) < 4.78 is 0. The van der Waals surface area contributed by atoms with E-state index >= 15 is 0 Å². The normalized spacial score (nSPS) is 18.5. The van der Waals surface area contributed by atoms with Crippen LogP contribution in [0.5, 0.6) is 0 Å². The van der Waals surface area contributed by atoms with Gasteiger partial charge in [-0.15, -0.1) is 0 Å². The lowest BCUT2D eigenvalue weighted by atomic mass is 9.90. The van der Waals surface area contributed by atoms with Gasteiger partial charge in [-0.1, -0.05) is 6.07 Å². The van der Waals surface area contributed by atoms with Gasteiger partial charge >= 0.3 is 0 Å². The maximum Gasteiger partial charge on any atom is 0.0591 e. The number of piperidine rings is 2. The lowest BCUT2D eigenvalue weighted by Crippen LogP contribution is -2.31. The van der Waals surface area contributed by atoms with Gasteiger partial charge < -0.3 is 26.3 Å². The monoisotopic (exact) mass is 404 g/mol. The number of nitrogens with one attached hydrogen (secondary N) is 5. The molecular weight excluding hydrogens is 372 g/mol. The molecule has 0 spiro atoms. The number of pyridine rings is 1. The van der Waals surface area contributed by atoms with E-state index in [0.717, 1.165) is 55.7 Å². The molecule has 0 bridgehead atoms. The number of rotatable bonds is 6. The van der Waals surface area contributed by atoms with E-state index in [1.807, 2.05) is 12.4 Å². The third-order valence-electron chi connectivity index (χ3n) is 6.57. The molecule has 5 rings (SSSR count). The van der Waals surface area contributed by atoms with Crippen LogP contribution in [0.3, 0.4) is 0 Å². The summed E-state index contributed by atoms with van der Waals surface area (Å²) in [7, 11) is 0. The molecule has 0 atom stereocenters. The zero-order valence-electron chi connectivity index (χ0n) is 17.5. The third kappa shape index (κ3) is 4.45. The van der Waals surface area contributed by atoms with E-state index in [2.05, 4.69) is 61.7 Å². The summed E-state index contributed by atoms with van der Waals surface area (Å²) in [5.74, 6) is 1.40. The number of H-pyrrole nitrogens is 1. The highest BCUT2D eigenvalue weighted by atomic mass is 14.9. The van der Waals surface area contributed by atoms with Gasteiger partial charge in [-0.25, -0.2) is 0 Å². The van der Waals surface area contributed by atoms with Crippen molar-refractivity contribution in [2.24, 2.45) is 5.92 Å². The van der Waals surface area contributed by atoms with E-state index in [1.54, 1.807) is 0 Å². The second kappa shape index (κ2) is 9.06. The van der Waals surface area contributed by atoms with Crippen molar-refractivity contribution in [3.63, 3.8) is 0 Å². The molecule has 2 saturated heterocycles. The molecule has 0 saturated carbocycles. The van der Waals surface area contributed by atoms with Crippen molar-refractivity contribution in [2.75, 3.05) is 43.4 Å². The molecule has 158 valence electrons. The molecule has 2 aromatic heterocycles. The summed E-state index contributed by atoms with van der Waals surface area (Å²) in [5.41, 5.74) is 5.83. The molecule has 6 heteroatoms. The van der Waals surface area contributed by atoms with Crippen LogP contribution in [0.15, 0.2) is 42.9 Å². The van der Waals surface area contributed by atoms with Crippen molar-refractivity contribution in [3.05, 3.63) is 48.4 Å². The quantitative estimate of drug-likeness (QED) is 0.426. The number of fused-ring (bicyclic) bond motifs is 1. The van der Waals surface area contributed by atoms with Crippen LogP contribution < -0.4 is 21.3 Å². The van der Waals surface area contributed by atoms with Gasteiger partial charge in [-0.2, -0.15) is 0 Å². The first-order valence-electron chi connectivity index (χ1n) is 11.3. The maximum absolute atomic E-state index is 4.42. The molecule has 6 nitrogen and oxygen atoms in total. The first kappa shape index (κ1) is 19.4. The first-order valence-corrected chi connectivity index (χ1v) is 11.3. The van der Waals surface area contributed by atoms with Crippen molar-refractivity contribution < 1.29 is 0 Å². The van der Waals surface area contributed by atoms with Gasteiger partial charge in [0.15, 0.2) is 0 Å². The summed E-state index contributed by atoms with van der Waals surface area (Å²) in [6, 6.07) is 8.77. The Labute approximate surface area is 178 Å². The van der Waals surface area contributed by atoms with Gasteiger partial charge in [0.05, 0.1) is 23.8 Å². The second-order valence-corrected chi connectivity index (χ2v) is 8.69. The largest absolute Gasteiger partial charge is 0.383 e. The first-order chi connectivity index (χ1) is 14.8. The van der Waals surface area contributed by atoms with Crippen LogP contribution >= 0.6 is 0 Å². The molecule has 2 aliphatic heterocycles. The molecule has 30 heavy (non-hydrogen) atoms. The number of aromatic nitrogens is 2. The van der Waals surface area contributed by atoms with E-state index in [9.17, 15) is 0 Å². The van der Waals surface area contributed by atoms with Crippen LogP contribution in [0.25, 0.3) is 10.9 Å². The van der Waals surface area contributed by atoms with Crippen molar-refractivity contribution in [3.8, 4) is 0 Å². The fourth-order valence-electron chi connectivity index (χ4n) is 4.82. The van der Waals surface area contributed by atoms with Gasteiger partial charge in [0.25, 0.3) is 0 Å². The molecule has 3 aromatic rings. The predicted molar refractivity (Wildman–Crippen MR) is 125 cm³/mol. The van der Waals surface area contributed by atoms with Crippen molar-refractivity contribution >= 4 is 28.0 Å². The summed E-state index contributed by atoms with van der Waals surface area (Å²) in [4.78, 5) is 7.91. The number of anilines is 3. The zero-order valence-corrected chi connectivity index (χ0v) is 17.5. The lowest BCUT2D eigenvalue weighted by Gasteiger charge is -2.23. The Balaban J connectivity index is 1.26. The van der Waals surface area contributed by atoms with Gasteiger partial charge in [0.1, 0.15) is 0 Å². The zero-order chi connectivity index (χ0) is 20.2. The molecule has 2 fully saturated rings. The molecule has 4 heterocycles. The van der Waals surface area contributed by atoms with E-state index < -0.39 is 0 Å². The summed E-state index contributed by atoms with van der Waals surface area (Å²) >= 11 is 0. The predicted octanol–water partition coefficient (Wildman–Crippen LogP) is 4.19. The van der Waals surface area contributed by atoms with E-state index in [1.165, 1.54) is 42.1 Å². The second-order valence-electron chi connectivity index (χ2n) is 8.69. The standard InChI is InChI=1S/C24H32N6/c1-2-22-23(18-5-9-26-10-6-18)16-29-24(22)12-19(1)30-21-11-20(14-27-15-21)28-13-17-3-7-25-8-4-17/h1-2,11-12,14-18,25-26,28-30H,3-10,13H2. The minimum absolute atomic E-state index is 0.658. The smallest absolute Gasteiger partial charge is 0.0591 e. The average Bonchev–Trinajstić information content (AvgIpc) is 3.23. The van der Waals surface area contributed by atoms with Gasteiger partial charge in [-0.3, -0.25) is 4.98 Å². The summed E-state index contributed by atoms with van der Waals surface area (Å²) in [5, 5.41) is 15.3. The highest BCUT2D eigenvalue weighted by Crippen LogP contribution is 2.33. The fraction of sp³-hybridized carbons (Fsp3) is 0.458. The van der Waals surface area contributed by atoms with E-state index in [4.69, 9.17) is 0 Å². The highest BCUT2D eigenvalue weighted by Gasteiger charge is 2.18. The molecule has 0 aliphatic carbocycles. The topological polar surface area (TPSA) is 76.8 Å². The van der Waals surface area contributed by atoms with Crippen LogP contribution in [-0.2, 0) is 0 Å². The van der Waals surface area contributed by atoms with Crippen molar-refractivity contribution in [1.82, 2.24) is 20.6 Å². The fourth-order valence-corrected chi connectivity index (χ4v) is 4.82. The van der Waals surface area contributed by atoms with E-state index in [0.29, 0.717) is 5.92 Å². The number of aromatic amines is 1. The van der Waals surface area contributed by atoms with Gasteiger partial charge in [-0.05, 0) is 87.5 Å². The van der Waals surface area contributed by atoms with Crippen LogP contribution in [0, 0.1) is 5.92 Å². The molecule has 1 aromatic carbocycles. The van der Waals surface area contributed by atoms with Crippen LogP contribution in [0.1, 0.15) is 37.2 Å². The number of hydrogen-bond acceptors (Lipinski definition) is 5. The van der Waals surface area contributed by atoms with Gasteiger partial charge in [0.2, 0.25) is 0 Å².